The summed E-state index contributed by atoms with van der Waals surface area (Å²) >= 11 is 0. The molecule has 0 unspecified atom stereocenters. The van der Waals surface area contributed by atoms with Crippen molar-refractivity contribution >= 4 is 32.3 Å². The third kappa shape index (κ3) is 6.27. The van der Waals surface area contributed by atoms with Crippen molar-refractivity contribution in [1.29, 1.82) is 0 Å². The summed E-state index contributed by atoms with van der Waals surface area (Å²) in [6, 6.07) is 102. The second kappa shape index (κ2) is 17.2. The van der Waals surface area contributed by atoms with E-state index in [9.17, 15) is 0 Å². The van der Waals surface area contributed by atoms with Crippen molar-refractivity contribution in [2.24, 2.45) is 0 Å². The van der Waals surface area contributed by atoms with E-state index in [1.165, 1.54) is 188 Å². The highest BCUT2D eigenvalue weighted by molar-refractivity contribution is 6.36. The van der Waals surface area contributed by atoms with Crippen LogP contribution in [0.4, 0.5) is 0 Å². The number of hydrogen-bond donors (Lipinski definition) is 0. The van der Waals surface area contributed by atoms with E-state index < -0.39 is 0 Å². The van der Waals surface area contributed by atoms with Crippen molar-refractivity contribution in [3.8, 4) is 134 Å². The van der Waals surface area contributed by atoms with Crippen LogP contribution in [0.3, 0.4) is 0 Å². The van der Waals surface area contributed by atoms with Crippen LogP contribution in [-0.2, 0) is 10.8 Å². The zero-order valence-corrected chi connectivity index (χ0v) is 47.4. The Morgan fingerprint density at radius 2 is 0.452 bits per heavy atom. The highest BCUT2D eigenvalue weighted by atomic mass is 14.4. The van der Waals surface area contributed by atoms with E-state index in [2.05, 4.69) is 295 Å². The average molecular weight is 1070 g/mol. The highest BCUT2D eigenvalue weighted by Gasteiger charge is 2.41. The van der Waals surface area contributed by atoms with Crippen molar-refractivity contribution in [3.63, 3.8) is 0 Å². The summed E-state index contributed by atoms with van der Waals surface area (Å²) in [5.74, 6) is 0. The van der Waals surface area contributed by atoms with Gasteiger partial charge in [-0.2, -0.15) is 0 Å². The summed E-state index contributed by atoms with van der Waals surface area (Å²) in [7, 11) is 0. The fourth-order valence-electron chi connectivity index (χ4n) is 16.3. The predicted octanol–water partition coefficient (Wildman–Crippen LogP) is 23.1. The number of benzene rings is 14. The van der Waals surface area contributed by atoms with Crippen molar-refractivity contribution in [1.82, 2.24) is 0 Å². The van der Waals surface area contributed by atoms with E-state index in [0.717, 1.165) is 0 Å². The SMILES string of the molecule is CC1(C)c2ccccc2-c2ccc(-c3c4c(c(-c5ccccc5-c5ccccc5)c5ccccc35)-c3ccc5c6c(ccc-4c36)-c3c-5c(-c4ccccc4-c4ccccc4)c4ccccc4c3-c3ccc4c(c3)C(C)(C)c3ccccc3-4)cc21. The van der Waals surface area contributed by atoms with Crippen LogP contribution in [0.2, 0.25) is 0 Å². The third-order valence-electron chi connectivity index (χ3n) is 20.0. The molecule has 0 radical (unpaired) electrons. The van der Waals surface area contributed by atoms with E-state index in [1.807, 2.05) is 0 Å². The predicted molar refractivity (Wildman–Crippen MR) is 356 cm³/mol. The van der Waals surface area contributed by atoms with Gasteiger partial charge in [-0.05, 0) is 200 Å². The molecule has 0 spiro atoms. The topological polar surface area (TPSA) is 0 Å². The minimum atomic E-state index is -0.163. The van der Waals surface area contributed by atoms with E-state index >= 15 is 0 Å². The molecule has 0 saturated heterocycles. The van der Waals surface area contributed by atoms with Gasteiger partial charge >= 0.3 is 0 Å². The fourth-order valence-corrected chi connectivity index (χ4v) is 16.3. The maximum atomic E-state index is 2.55. The molecule has 0 heteroatoms. The summed E-state index contributed by atoms with van der Waals surface area (Å²) in [4.78, 5) is 0. The van der Waals surface area contributed by atoms with E-state index in [0.29, 0.717) is 0 Å². The van der Waals surface area contributed by atoms with Gasteiger partial charge in [0, 0.05) is 10.8 Å². The zero-order chi connectivity index (χ0) is 55.7. The molecule has 0 aromatic heterocycles. The lowest BCUT2D eigenvalue weighted by Gasteiger charge is -2.25. The van der Waals surface area contributed by atoms with E-state index in [4.69, 9.17) is 0 Å². The van der Waals surface area contributed by atoms with Crippen LogP contribution in [0.15, 0.2) is 267 Å². The van der Waals surface area contributed by atoms with Gasteiger partial charge in [0.2, 0.25) is 0 Å². The molecule has 84 heavy (non-hydrogen) atoms. The number of fused-ring (bicyclic) bond motifs is 14. The fraction of sp³-hybridized carbons (Fsp3) is 0.0714. The van der Waals surface area contributed by atoms with Gasteiger partial charge in [0.05, 0.1) is 0 Å². The van der Waals surface area contributed by atoms with Crippen LogP contribution >= 0.6 is 0 Å². The van der Waals surface area contributed by atoms with Crippen LogP contribution in [0, 0.1) is 0 Å². The summed E-state index contributed by atoms with van der Waals surface area (Å²) < 4.78 is 0. The smallest absolute Gasteiger partial charge is 0.0159 e. The molecule has 0 bridgehead atoms. The molecular formula is C84H56. The van der Waals surface area contributed by atoms with E-state index in [1.54, 1.807) is 0 Å². The Morgan fingerprint density at radius 3 is 0.833 bits per heavy atom. The Bertz CT molecular complexity index is 4890. The van der Waals surface area contributed by atoms with Gasteiger partial charge in [0.15, 0.2) is 0 Å². The van der Waals surface area contributed by atoms with Crippen molar-refractivity contribution < 1.29 is 0 Å². The minimum Gasteiger partial charge on any atom is -0.0622 e. The van der Waals surface area contributed by atoms with Crippen molar-refractivity contribution in [2.75, 3.05) is 0 Å². The quantitative estimate of drug-likeness (QED) is 0.156. The van der Waals surface area contributed by atoms with Gasteiger partial charge in [-0.1, -0.05) is 282 Å². The zero-order valence-electron chi connectivity index (χ0n) is 47.4. The molecule has 0 atom stereocenters. The highest BCUT2D eigenvalue weighted by Crippen LogP contribution is 2.66. The minimum absolute atomic E-state index is 0.163. The molecule has 0 heterocycles. The van der Waals surface area contributed by atoms with Gasteiger partial charge in [-0.3, -0.25) is 0 Å². The number of rotatable bonds is 6. The van der Waals surface area contributed by atoms with Gasteiger partial charge in [-0.15, -0.1) is 0 Å². The summed E-state index contributed by atoms with van der Waals surface area (Å²) in [6.45, 7) is 9.64. The molecule has 0 amide bonds. The molecule has 0 N–H and O–H groups in total. The molecule has 392 valence electrons. The first kappa shape index (κ1) is 47.5. The molecule has 14 aromatic carbocycles. The van der Waals surface area contributed by atoms with Crippen LogP contribution in [0.1, 0.15) is 49.9 Å². The average Bonchev–Trinajstić information content (AvgIpc) is 1.55. The third-order valence-corrected chi connectivity index (χ3v) is 20.0. The normalized spacial score (nSPS) is 13.9. The Labute approximate surface area is 490 Å². The molecule has 0 fully saturated rings. The first-order chi connectivity index (χ1) is 41.3. The monoisotopic (exact) mass is 1060 g/mol. The molecule has 4 aliphatic carbocycles. The van der Waals surface area contributed by atoms with Crippen molar-refractivity contribution in [3.05, 3.63) is 289 Å². The first-order valence-electron chi connectivity index (χ1n) is 29.8. The molecule has 18 rings (SSSR count). The van der Waals surface area contributed by atoms with Gasteiger partial charge in [0.25, 0.3) is 0 Å². The molecule has 0 saturated carbocycles. The van der Waals surface area contributed by atoms with Crippen molar-refractivity contribution in [2.45, 2.75) is 38.5 Å². The lowest BCUT2D eigenvalue weighted by atomic mass is 9.78. The van der Waals surface area contributed by atoms with Gasteiger partial charge in [-0.25, -0.2) is 0 Å². The molecular weight excluding hydrogens is 1010 g/mol. The second-order valence-corrected chi connectivity index (χ2v) is 24.8. The molecule has 0 nitrogen and oxygen atoms in total. The van der Waals surface area contributed by atoms with Gasteiger partial charge in [0.1, 0.15) is 0 Å². The Kier molecular flexibility index (Phi) is 9.73. The summed E-state index contributed by atoms with van der Waals surface area (Å²) in [5.41, 5.74) is 36.0. The largest absolute Gasteiger partial charge is 0.0622 e. The van der Waals surface area contributed by atoms with Crippen LogP contribution in [0.5, 0.6) is 0 Å². The Hall–Kier alpha value is -10.1. The maximum absolute atomic E-state index is 2.55. The van der Waals surface area contributed by atoms with Gasteiger partial charge < -0.3 is 0 Å². The first-order valence-corrected chi connectivity index (χ1v) is 29.8. The molecule has 14 aromatic rings. The number of hydrogen-bond acceptors (Lipinski definition) is 0. The molecule has 4 aliphatic rings. The lowest BCUT2D eigenvalue weighted by Crippen LogP contribution is -2.14. The summed E-state index contributed by atoms with van der Waals surface area (Å²) in [6.07, 6.45) is 0. The Balaban J connectivity index is 0.977. The van der Waals surface area contributed by atoms with Crippen LogP contribution < -0.4 is 0 Å². The standard InChI is InChI=1S/C84H56/c1-83(2)69-37-21-19-29-55(69)57-41-39-51(47-71(57)83)73-61-33-15-17-35-63(61)75(59-31-13-11-27-53(59)49-23-7-5-8-24-49)81-67-45-46-68-78-66(44-43-65(77(67)78)79(73)81)80-74(52-40-42-58-56-30-20-22-38-70(56)84(3,4)72(58)48-52)62-34-16-18-36-64(62)76(82(68)80)60-32-14-12-28-54(60)50-25-9-6-10-26-50/h5-48H,1-4H3. The van der Waals surface area contributed by atoms with E-state index in [-0.39, 0.29) is 10.8 Å². The van der Waals surface area contributed by atoms with Crippen LogP contribution in [0.25, 0.3) is 166 Å². The lowest BCUT2D eigenvalue weighted by molar-refractivity contribution is 0.660. The van der Waals surface area contributed by atoms with Crippen LogP contribution in [-0.4, -0.2) is 0 Å². The maximum Gasteiger partial charge on any atom is 0.0159 e. The summed E-state index contributed by atoms with van der Waals surface area (Å²) in [5, 5.41) is 7.72. The second-order valence-electron chi connectivity index (χ2n) is 24.8. The molecule has 0 aliphatic heterocycles. The Morgan fingerprint density at radius 1 is 0.179 bits per heavy atom.